The zero-order chi connectivity index (χ0) is 6.85. The quantitative estimate of drug-likeness (QED) is 0.455. The summed E-state index contributed by atoms with van der Waals surface area (Å²) in [6, 6.07) is 1.63. The van der Waals surface area contributed by atoms with Gasteiger partial charge < -0.3 is 5.73 Å². The molecule has 0 spiro atoms. The van der Waals surface area contributed by atoms with Crippen LogP contribution in [0.4, 0.5) is 4.48 Å². The highest BCUT2D eigenvalue weighted by Crippen LogP contribution is 2.13. The summed E-state index contributed by atoms with van der Waals surface area (Å²) >= 11 is 0. The van der Waals surface area contributed by atoms with Gasteiger partial charge in [-0.15, -0.1) is 9.60 Å². The van der Waals surface area contributed by atoms with E-state index >= 15 is 0 Å². The number of nitrogens with zero attached hydrogens (tertiary/aromatic N) is 2. The maximum Gasteiger partial charge on any atom is 0.0780 e. The standard InChI is InChI=1S/C5H8FN3/c6-9-2-4(1-7)5(8)3-9/h4-5H,2-3,8H2. The average Bonchev–Trinajstić information content (AvgIpc) is 2.10. The van der Waals surface area contributed by atoms with Crippen molar-refractivity contribution in [3.63, 3.8) is 0 Å². The molecule has 9 heavy (non-hydrogen) atoms. The minimum absolute atomic E-state index is 0.164. The van der Waals surface area contributed by atoms with E-state index in [2.05, 4.69) is 0 Å². The van der Waals surface area contributed by atoms with Gasteiger partial charge in [0.1, 0.15) is 0 Å². The molecule has 0 aromatic carbocycles. The molecule has 1 fully saturated rings. The predicted octanol–water partition coefficient (Wildman–Crippen LogP) is -0.346. The van der Waals surface area contributed by atoms with Crippen molar-refractivity contribution in [3.8, 4) is 6.07 Å². The Bertz CT molecular complexity index is 142. The predicted molar refractivity (Wildman–Crippen MR) is 29.8 cm³/mol. The Morgan fingerprint density at radius 2 is 2.33 bits per heavy atom. The Labute approximate surface area is 52.8 Å². The molecule has 0 amide bonds. The van der Waals surface area contributed by atoms with E-state index in [1.807, 2.05) is 6.07 Å². The average molecular weight is 129 g/mol. The molecule has 0 aromatic heterocycles. The van der Waals surface area contributed by atoms with Crippen molar-refractivity contribution in [1.82, 2.24) is 5.12 Å². The van der Waals surface area contributed by atoms with Crippen molar-refractivity contribution in [1.29, 1.82) is 5.26 Å². The van der Waals surface area contributed by atoms with Crippen LogP contribution in [0.2, 0.25) is 0 Å². The second kappa shape index (κ2) is 2.29. The molecular weight excluding hydrogens is 121 g/mol. The molecule has 0 saturated carbocycles. The van der Waals surface area contributed by atoms with Crippen LogP contribution in [0.1, 0.15) is 0 Å². The van der Waals surface area contributed by atoms with Gasteiger partial charge in [-0.3, -0.25) is 0 Å². The highest BCUT2D eigenvalue weighted by Gasteiger charge is 2.29. The third-order valence-corrected chi connectivity index (χ3v) is 1.49. The van der Waals surface area contributed by atoms with Crippen LogP contribution in [0, 0.1) is 17.2 Å². The van der Waals surface area contributed by atoms with E-state index in [-0.39, 0.29) is 25.0 Å². The summed E-state index contributed by atoms with van der Waals surface area (Å²) in [7, 11) is 0. The largest absolute Gasteiger partial charge is 0.325 e. The molecule has 1 rings (SSSR count). The summed E-state index contributed by atoms with van der Waals surface area (Å²) in [6.07, 6.45) is 0. The molecule has 2 atom stereocenters. The molecule has 0 aromatic rings. The van der Waals surface area contributed by atoms with Crippen LogP contribution in [0.5, 0.6) is 0 Å². The van der Waals surface area contributed by atoms with Gasteiger partial charge in [-0.1, -0.05) is 0 Å². The Hall–Kier alpha value is -0.660. The lowest BCUT2D eigenvalue weighted by atomic mass is 10.1. The van der Waals surface area contributed by atoms with Gasteiger partial charge in [0.05, 0.1) is 12.0 Å². The number of rotatable bonds is 0. The fourth-order valence-electron chi connectivity index (χ4n) is 0.916. The molecule has 0 bridgehead atoms. The van der Waals surface area contributed by atoms with E-state index in [0.717, 1.165) is 0 Å². The molecule has 0 aliphatic carbocycles. The highest BCUT2D eigenvalue weighted by molar-refractivity contribution is 4.96. The Morgan fingerprint density at radius 3 is 2.56 bits per heavy atom. The molecule has 1 saturated heterocycles. The van der Waals surface area contributed by atoms with Crippen LogP contribution in [0.25, 0.3) is 0 Å². The summed E-state index contributed by atoms with van der Waals surface area (Å²) in [5, 5.41) is 8.91. The van der Waals surface area contributed by atoms with Crippen molar-refractivity contribution in [2.45, 2.75) is 6.04 Å². The van der Waals surface area contributed by atoms with E-state index in [1.165, 1.54) is 0 Å². The molecule has 1 aliphatic rings. The van der Waals surface area contributed by atoms with Crippen molar-refractivity contribution >= 4 is 0 Å². The number of nitrogens with two attached hydrogens (primary N) is 1. The fourth-order valence-corrected chi connectivity index (χ4v) is 0.916. The number of hydrogen-bond acceptors (Lipinski definition) is 3. The van der Waals surface area contributed by atoms with Crippen molar-refractivity contribution in [3.05, 3.63) is 0 Å². The van der Waals surface area contributed by atoms with Gasteiger partial charge >= 0.3 is 0 Å². The molecule has 0 radical (unpaired) electrons. The maximum absolute atomic E-state index is 12.2. The van der Waals surface area contributed by atoms with Gasteiger partial charge in [0.2, 0.25) is 0 Å². The lowest BCUT2D eigenvalue weighted by molar-refractivity contribution is 0.0534. The lowest BCUT2D eigenvalue weighted by Crippen LogP contribution is -2.27. The Kier molecular flexibility index (Phi) is 1.65. The molecule has 4 heteroatoms. The molecule has 1 aliphatic heterocycles. The van der Waals surface area contributed by atoms with E-state index in [0.29, 0.717) is 5.12 Å². The Morgan fingerprint density at radius 1 is 1.67 bits per heavy atom. The summed E-state index contributed by atoms with van der Waals surface area (Å²) < 4.78 is 12.2. The summed E-state index contributed by atoms with van der Waals surface area (Å²) in [4.78, 5) is 0. The first-order valence-corrected chi connectivity index (χ1v) is 2.80. The third-order valence-electron chi connectivity index (χ3n) is 1.49. The zero-order valence-electron chi connectivity index (χ0n) is 4.92. The van der Waals surface area contributed by atoms with E-state index in [9.17, 15) is 4.48 Å². The lowest BCUT2D eigenvalue weighted by Gasteiger charge is -2.00. The van der Waals surface area contributed by atoms with Gasteiger partial charge in [0, 0.05) is 19.1 Å². The molecule has 50 valence electrons. The topological polar surface area (TPSA) is 53.0 Å². The van der Waals surface area contributed by atoms with Gasteiger partial charge in [0.25, 0.3) is 0 Å². The molecule has 1 heterocycles. The van der Waals surface area contributed by atoms with Gasteiger partial charge in [-0.2, -0.15) is 5.26 Å². The molecular formula is C5H8FN3. The first-order valence-electron chi connectivity index (χ1n) is 2.80. The van der Waals surface area contributed by atoms with Crippen LogP contribution < -0.4 is 5.73 Å². The minimum Gasteiger partial charge on any atom is -0.325 e. The fraction of sp³-hybridized carbons (Fsp3) is 0.800. The normalized spacial score (nSPS) is 36.6. The van der Waals surface area contributed by atoms with Crippen molar-refractivity contribution in [2.24, 2.45) is 11.7 Å². The number of hydrogen-bond donors (Lipinski definition) is 1. The van der Waals surface area contributed by atoms with Crippen LogP contribution in [-0.2, 0) is 0 Å². The maximum atomic E-state index is 12.2. The smallest absolute Gasteiger partial charge is 0.0780 e. The van der Waals surface area contributed by atoms with Crippen LogP contribution in [-0.4, -0.2) is 24.3 Å². The first-order chi connectivity index (χ1) is 4.24. The summed E-state index contributed by atoms with van der Waals surface area (Å²) in [5.41, 5.74) is 5.38. The molecule has 3 nitrogen and oxygen atoms in total. The SMILES string of the molecule is N#CC1CN(F)CC1N. The van der Waals surface area contributed by atoms with Crippen molar-refractivity contribution < 1.29 is 4.48 Å². The van der Waals surface area contributed by atoms with Gasteiger partial charge in [-0.25, -0.2) is 0 Å². The van der Waals surface area contributed by atoms with Crippen LogP contribution in [0.3, 0.4) is 0 Å². The summed E-state index contributed by atoms with van der Waals surface area (Å²) in [6.45, 7) is 0.357. The van der Waals surface area contributed by atoms with Gasteiger partial charge in [-0.05, 0) is 0 Å². The summed E-state index contributed by atoms with van der Waals surface area (Å²) in [5.74, 6) is -0.324. The minimum atomic E-state index is -0.324. The zero-order valence-corrected chi connectivity index (χ0v) is 4.92. The molecule has 2 N–H and O–H groups in total. The number of halogens is 1. The van der Waals surface area contributed by atoms with Crippen molar-refractivity contribution in [2.75, 3.05) is 13.1 Å². The third kappa shape index (κ3) is 1.18. The van der Waals surface area contributed by atoms with E-state index in [4.69, 9.17) is 11.0 Å². The Balaban J connectivity index is 2.50. The van der Waals surface area contributed by atoms with Gasteiger partial charge in [0.15, 0.2) is 0 Å². The number of nitriles is 1. The van der Waals surface area contributed by atoms with Crippen LogP contribution >= 0.6 is 0 Å². The second-order valence-electron chi connectivity index (χ2n) is 2.23. The second-order valence-corrected chi connectivity index (χ2v) is 2.23. The monoisotopic (exact) mass is 129 g/mol. The van der Waals surface area contributed by atoms with E-state index < -0.39 is 0 Å². The molecule has 2 unspecified atom stereocenters. The van der Waals surface area contributed by atoms with Crippen LogP contribution in [0.15, 0.2) is 0 Å². The first kappa shape index (κ1) is 6.46. The highest BCUT2D eigenvalue weighted by atomic mass is 19.2. The van der Waals surface area contributed by atoms with E-state index in [1.54, 1.807) is 0 Å².